The molecule has 0 saturated heterocycles. The van der Waals surface area contributed by atoms with E-state index in [1.807, 2.05) is 4.57 Å². The number of halogens is 1. The third-order valence-electron chi connectivity index (χ3n) is 5.76. The predicted octanol–water partition coefficient (Wildman–Crippen LogP) is 5.58. The Kier molecular flexibility index (Phi) is 7.09. The topological polar surface area (TPSA) is 66.2 Å². The van der Waals surface area contributed by atoms with E-state index in [0.29, 0.717) is 33.6 Å². The summed E-state index contributed by atoms with van der Waals surface area (Å²) >= 11 is 1.32. The van der Waals surface area contributed by atoms with E-state index in [2.05, 4.69) is 10.2 Å². The van der Waals surface area contributed by atoms with Gasteiger partial charge in [0.1, 0.15) is 17.3 Å². The van der Waals surface area contributed by atoms with Gasteiger partial charge in [-0.2, -0.15) is 0 Å². The van der Waals surface area contributed by atoms with Crippen LogP contribution in [0.1, 0.15) is 48.5 Å². The molecule has 1 aliphatic rings. The van der Waals surface area contributed by atoms with E-state index < -0.39 is 0 Å². The maximum Gasteiger partial charge on any atom is 0.192 e. The van der Waals surface area contributed by atoms with Crippen molar-refractivity contribution in [3.8, 4) is 22.9 Å². The average Bonchev–Trinajstić information content (AvgIpc) is 3.26. The number of ether oxygens (including phenoxy) is 2. The van der Waals surface area contributed by atoms with Crippen LogP contribution in [0.3, 0.4) is 0 Å². The summed E-state index contributed by atoms with van der Waals surface area (Å²) in [4.78, 5) is 13.0. The van der Waals surface area contributed by atoms with Gasteiger partial charge in [0.05, 0.1) is 31.1 Å². The molecule has 168 valence electrons. The third-order valence-corrected chi connectivity index (χ3v) is 6.70. The van der Waals surface area contributed by atoms with Crippen molar-refractivity contribution >= 4 is 17.5 Å². The number of aromatic nitrogens is 3. The van der Waals surface area contributed by atoms with Crippen molar-refractivity contribution in [1.82, 2.24) is 14.8 Å². The lowest BCUT2D eigenvalue weighted by Gasteiger charge is -2.25. The van der Waals surface area contributed by atoms with Crippen molar-refractivity contribution in [1.29, 1.82) is 0 Å². The Morgan fingerprint density at radius 2 is 1.88 bits per heavy atom. The second-order valence-corrected chi connectivity index (χ2v) is 8.67. The minimum absolute atomic E-state index is 0.0832. The van der Waals surface area contributed by atoms with Crippen LogP contribution in [0.15, 0.2) is 47.6 Å². The van der Waals surface area contributed by atoms with Gasteiger partial charge in [-0.15, -0.1) is 10.2 Å². The Balaban J connectivity index is 1.61. The maximum absolute atomic E-state index is 14.5. The van der Waals surface area contributed by atoms with Gasteiger partial charge in [0.2, 0.25) is 0 Å². The molecule has 1 aromatic heterocycles. The highest BCUT2D eigenvalue weighted by Crippen LogP contribution is 2.36. The number of nitrogens with zero attached hydrogens (tertiary/aromatic N) is 3. The Morgan fingerprint density at radius 1 is 1.09 bits per heavy atom. The summed E-state index contributed by atoms with van der Waals surface area (Å²) in [6.45, 7) is 0. The van der Waals surface area contributed by atoms with E-state index in [-0.39, 0.29) is 23.4 Å². The molecule has 8 heteroatoms. The molecule has 1 aliphatic carbocycles. The van der Waals surface area contributed by atoms with Crippen LogP contribution < -0.4 is 9.47 Å². The highest BCUT2D eigenvalue weighted by atomic mass is 32.2. The van der Waals surface area contributed by atoms with Gasteiger partial charge in [-0.05, 0) is 37.1 Å². The first kappa shape index (κ1) is 22.3. The van der Waals surface area contributed by atoms with Crippen molar-refractivity contribution in [2.75, 3.05) is 20.0 Å². The lowest BCUT2D eigenvalue weighted by molar-refractivity contribution is 0.101. The number of hydrogen-bond acceptors (Lipinski definition) is 6. The molecule has 0 aliphatic heterocycles. The molecule has 3 aromatic rings. The number of hydrogen-bond donors (Lipinski definition) is 0. The molecule has 2 aromatic carbocycles. The molecule has 0 bridgehead atoms. The molecular formula is C24H26FN3O3S. The summed E-state index contributed by atoms with van der Waals surface area (Å²) in [7, 11) is 3.09. The van der Waals surface area contributed by atoms with Gasteiger partial charge in [-0.25, -0.2) is 4.39 Å². The third kappa shape index (κ3) is 4.65. The zero-order chi connectivity index (χ0) is 22.5. The second-order valence-electron chi connectivity index (χ2n) is 7.73. The fourth-order valence-corrected chi connectivity index (χ4v) is 5.00. The maximum atomic E-state index is 14.5. The van der Waals surface area contributed by atoms with Gasteiger partial charge in [-0.1, -0.05) is 43.2 Å². The Hall–Kier alpha value is -2.87. The van der Waals surface area contributed by atoms with E-state index in [4.69, 9.17) is 9.47 Å². The largest absolute Gasteiger partial charge is 0.497 e. The summed E-state index contributed by atoms with van der Waals surface area (Å²) in [6.07, 6.45) is 5.42. The Labute approximate surface area is 191 Å². The Morgan fingerprint density at radius 3 is 2.59 bits per heavy atom. The number of rotatable bonds is 8. The number of thioether (sulfide) groups is 1. The van der Waals surface area contributed by atoms with Gasteiger partial charge >= 0.3 is 0 Å². The zero-order valence-electron chi connectivity index (χ0n) is 18.2. The molecule has 6 nitrogen and oxygen atoms in total. The van der Waals surface area contributed by atoms with E-state index in [1.165, 1.54) is 31.4 Å². The molecule has 0 radical (unpaired) electrons. The Bertz CT molecular complexity index is 1100. The van der Waals surface area contributed by atoms with Gasteiger partial charge in [0, 0.05) is 12.1 Å². The van der Waals surface area contributed by atoms with Gasteiger partial charge in [-0.3, -0.25) is 9.36 Å². The molecule has 0 amide bonds. The average molecular weight is 456 g/mol. The molecule has 0 atom stereocenters. The fraction of sp³-hybridized carbons (Fsp3) is 0.375. The van der Waals surface area contributed by atoms with E-state index >= 15 is 0 Å². The van der Waals surface area contributed by atoms with Crippen LogP contribution in [0.5, 0.6) is 11.5 Å². The number of methoxy groups -OCH3 is 2. The van der Waals surface area contributed by atoms with E-state index in [0.717, 1.165) is 25.7 Å². The zero-order valence-corrected chi connectivity index (χ0v) is 19.0. The van der Waals surface area contributed by atoms with Crippen LogP contribution in [-0.2, 0) is 0 Å². The molecule has 1 saturated carbocycles. The van der Waals surface area contributed by atoms with Gasteiger partial charge in [0.15, 0.2) is 16.8 Å². The first-order valence-corrected chi connectivity index (χ1v) is 11.7. The second kappa shape index (κ2) is 10.2. The summed E-state index contributed by atoms with van der Waals surface area (Å²) in [6, 6.07) is 11.9. The summed E-state index contributed by atoms with van der Waals surface area (Å²) in [5.41, 5.74) is 0.916. The first-order valence-electron chi connectivity index (χ1n) is 10.7. The van der Waals surface area contributed by atoms with E-state index in [1.54, 1.807) is 43.5 Å². The van der Waals surface area contributed by atoms with Crippen LogP contribution in [0, 0.1) is 5.82 Å². The summed E-state index contributed by atoms with van der Waals surface area (Å²) in [5.74, 6) is 1.37. The highest BCUT2D eigenvalue weighted by molar-refractivity contribution is 7.99. The van der Waals surface area contributed by atoms with Crippen molar-refractivity contribution in [2.24, 2.45) is 0 Å². The SMILES string of the molecule is COc1ccc(C(=O)CSc2nnc(-c3ccccc3F)n2C2CCCCC2)c(OC)c1. The molecule has 4 rings (SSSR count). The number of Topliss-reactive ketones (excluding diaryl/α,β-unsaturated/α-hetero) is 1. The van der Waals surface area contributed by atoms with Crippen LogP contribution in [-0.4, -0.2) is 40.5 Å². The first-order chi connectivity index (χ1) is 15.6. The van der Waals surface area contributed by atoms with Crippen LogP contribution in [0.2, 0.25) is 0 Å². The van der Waals surface area contributed by atoms with Crippen LogP contribution >= 0.6 is 11.8 Å². The van der Waals surface area contributed by atoms with E-state index in [9.17, 15) is 9.18 Å². The van der Waals surface area contributed by atoms with Crippen LogP contribution in [0.4, 0.5) is 4.39 Å². The number of carbonyl (C=O) groups excluding carboxylic acids is 1. The summed E-state index contributed by atoms with van der Waals surface area (Å²) < 4.78 is 27.2. The van der Waals surface area contributed by atoms with Crippen molar-refractivity contribution in [3.63, 3.8) is 0 Å². The molecule has 1 fully saturated rings. The minimum Gasteiger partial charge on any atom is -0.497 e. The molecule has 0 unspecified atom stereocenters. The molecular weight excluding hydrogens is 429 g/mol. The van der Waals surface area contributed by atoms with Crippen molar-refractivity contribution < 1.29 is 18.7 Å². The van der Waals surface area contributed by atoms with Crippen LogP contribution in [0.25, 0.3) is 11.4 Å². The standard InChI is InChI=1S/C24H26FN3O3S/c1-30-17-12-13-19(22(14-17)31-2)21(29)15-32-24-27-26-23(18-10-6-7-11-20(18)25)28(24)16-8-4-3-5-9-16/h6-7,10-14,16H,3-5,8-9,15H2,1-2H3. The van der Waals surface area contributed by atoms with Gasteiger partial charge in [0.25, 0.3) is 0 Å². The van der Waals surface area contributed by atoms with Crippen molar-refractivity contribution in [3.05, 3.63) is 53.8 Å². The lowest BCUT2D eigenvalue weighted by atomic mass is 9.95. The molecule has 0 spiro atoms. The predicted molar refractivity (Wildman–Crippen MR) is 122 cm³/mol. The smallest absolute Gasteiger partial charge is 0.192 e. The monoisotopic (exact) mass is 455 g/mol. The normalized spacial score (nSPS) is 14.3. The number of carbonyl (C=O) groups is 1. The van der Waals surface area contributed by atoms with Gasteiger partial charge < -0.3 is 9.47 Å². The number of benzene rings is 2. The molecule has 1 heterocycles. The molecule has 0 N–H and O–H groups in total. The minimum atomic E-state index is -0.326. The quantitative estimate of drug-likeness (QED) is 0.326. The molecule has 32 heavy (non-hydrogen) atoms. The highest BCUT2D eigenvalue weighted by Gasteiger charge is 2.26. The lowest BCUT2D eigenvalue weighted by Crippen LogP contribution is -2.16. The van der Waals surface area contributed by atoms with Crippen molar-refractivity contribution in [2.45, 2.75) is 43.3 Å². The number of ketones is 1. The fourth-order valence-electron chi connectivity index (χ4n) is 4.11. The summed E-state index contributed by atoms with van der Waals surface area (Å²) in [5, 5.41) is 9.31.